The summed E-state index contributed by atoms with van der Waals surface area (Å²) in [4.78, 5) is 14.0. The Balaban J connectivity index is 1.67. The van der Waals surface area contributed by atoms with E-state index >= 15 is 0 Å². The Hall–Kier alpha value is -2.09. The van der Waals surface area contributed by atoms with Gasteiger partial charge in [-0.05, 0) is 18.9 Å². The average molecular weight is 313 g/mol. The predicted octanol–water partition coefficient (Wildman–Crippen LogP) is 2.70. The first-order chi connectivity index (χ1) is 10.4. The lowest BCUT2D eigenvalue weighted by atomic mass is 10.1. The molecule has 1 aliphatic rings. The van der Waals surface area contributed by atoms with Gasteiger partial charge in [0.1, 0.15) is 0 Å². The number of alkyl halides is 3. The van der Waals surface area contributed by atoms with Crippen molar-refractivity contribution in [2.45, 2.75) is 25.3 Å². The Labute approximate surface area is 124 Å². The van der Waals surface area contributed by atoms with Crippen molar-refractivity contribution in [3.63, 3.8) is 0 Å². The van der Waals surface area contributed by atoms with Gasteiger partial charge in [0.15, 0.2) is 5.69 Å². The van der Waals surface area contributed by atoms with Crippen LogP contribution in [-0.2, 0) is 4.74 Å². The van der Waals surface area contributed by atoms with Gasteiger partial charge in [-0.1, -0.05) is 18.2 Å². The molecule has 0 bridgehead atoms. The molecule has 1 aromatic carbocycles. The van der Waals surface area contributed by atoms with E-state index in [1.54, 1.807) is 12.1 Å². The highest BCUT2D eigenvalue weighted by Crippen LogP contribution is 2.25. The Morgan fingerprint density at radius 2 is 1.95 bits per heavy atom. The molecular formula is C14H14F3N3O2. The van der Waals surface area contributed by atoms with Crippen LogP contribution in [0.3, 0.4) is 0 Å². The van der Waals surface area contributed by atoms with Gasteiger partial charge in [-0.25, -0.2) is 0 Å². The van der Waals surface area contributed by atoms with Crippen LogP contribution in [0, 0.1) is 0 Å². The highest BCUT2D eigenvalue weighted by atomic mass is 19.4. The molecule has 2 heterocycles. The van der Waals surface area contributed by atoms with Gasteiger partial charge < -0.3 is 4.90 Å². The summed E-state index contributed by atoms with van der Waals surface area (Å²) in [7, 11) is 0. The van der Waals surface area contributed by atoms with E-state index in [0.717, 1.165) is 5.52 Å². The topological polar surface area (TPSA) is 58.2 Å². The van der Waals surface area contributed by atoms with E-state index < -0.39 is 12.5 Å². The number of likely N-dealkylation sites (tertiary alicyclic amines) is 1. The fourth-order valence-electron chi connectivity index (χ4n) is 2.64. The van der Waals surface area contributed by atoms with Gasteiger partial charge >= 0.3 is 6.36 Å². The summed E-state index contributed by atoms with van der Waals surface area (Å²) in [6.45, 7) is 0.446. The molecule has 118 valence electrons. The van der Waals surface area contributed by atoms with Crippen LogP contribution in [-0.4, -0.2) is 46.6 Å². The molecule has 1 aromatic heterocycles. The number of aromatic amines is 1. The summed E-state index contributed by atoms with van der Waals surface area (Å²) in [6, 6.07) is 7.22. The lowest BCUT2D eigenvalue weighted by molar-refractivity contribution is -0.345. The van der Waals surface area contributed by atoms with Gasteiger partial charge in [0.2, 0.25) is 0 Å². The molecule has 1 N–H and O–H groups in total. The first kappa shape index (κ1) is 14.8. The van der Waals surface area contributed by atoms with E-state index in [0.29, 0.717) is 11.1 Å². The second-order valence-corrected chi connectivity index (χ2v) is 5.17. The third kappa shape index (κ3) is 3.06. The van der Waals surface area contributed by atoms with E-state index in [-0.39, 0.29) is 31.8 Å². The summed E-state index contributed by atoms with van der Waals surface area (Å²) in [5.41, 5.74) is 1.05. The Morgan fingerprint density at radius 1 is 1.27 bits per heavy atom. The maximum Gasteiger partial charge on any atom is 0.522 e. The molecule has 0 saturated carbocycles. The molecule has 0 spiro atoms. The number of nitrogens with one attached hydrogen (secondary N) is 1. The molecule has 8 heteroatoms. The van der Waals surface area contributed by atoms with Crippen molar-refractivity contribution in [2.24, 2.45) is 0 Å². The fraction of sp³-hybridized carbons (Fsp3) is 0.429. The van der Waals surface area contributed by atoms with Crippen molar-refractivity contribution >= 4 is 16.8 Å². The second-order valence-electron chi connectivity index (χ2n) is 5.17. The summed E-state index contributed by atoms with van der Waals surface area (Å²) in [5.74, 6) is -0.275. The number of carbonyl (C=O) groups is 1. The van der Waals surface area contributed by atoms with E-state index in [9.17, 15) is 18.0 Å². The van der Waals surface area contributed by atoms with Crippen LogP contribution in [0.1, 0.15) is 23.3 Å². The largest absolute Gasteiger partial charge is 0.522 e. The second kappa shape index (κ2) is 5.60. The monoisotopic (exact) mass is 313 g/mol. The molecular weight excluding hydrogens is 299 g/mol. The zero-order chi connectivity index (χ0) is 15.7. The minimum atomic E-state index is -4.63. The van der Waals surface area contributed by atoms with Crippen molar-refractivity contribution in [1.82, 2.24) is 15.1 Å². The first-order valence-corrected chi connectivity index (χ1v) is 6.91. The van der Waals surface area contributed by atoms with E-state index in [2.05, 4.69) is 14.9 Å². The number of hydrogen-bond donors (Lipinski definition) is 1. The number of hydrogen-bond acceptors (Lipinski definition) is 3. The van der Waals surface area contributed by atoms with Crippen LogP contribution < -0.4 is 0 Å². The highest BCUT2D eigenvalue weighted by molar-refractivity contribution is 6.04. The molecule has 3 rings (SSSR count). The summed E-state index contributed by atoms with van der Waals surface area (Å²) < 4.78 is 40.5. The van der Waals surface area contributed by atoms with Crippen molar-refractivity contribution in [3.8, 4) is 0 Å². The zero-order valence-electron chi connectivity index (χ0n) is 11.6. The number of H-pyrrole nitrogens is 1. The Kier molecular flexibility index (Phi) is 3.78. The molecule has 1 aliphatic heterocycles. The molecule has 0 radical (unpaired) electrons. The van der Waals surface area contributed by atoms with Gasteiger partial charge in [-0.3, -0.25) is 14.6 Å². The average Bonchev–Trinajstić information content (AvgIpc) is 2.89. The molecule has 2 aromatic rings. The lowest BCUT2D eigenvalue weighted by Gasteiger charge is -2.31. The van der Waals surface area contributed by atoms with E-state index in [1.807, 2.05) is 12.1 Å². The van der Waals surface area contributed by atoms with Gasteiger partial charge in [0, 0.05) is 18.5 Å². The third-order valence-electron chi connectivity index (χ3n) is 3.70. The minimum absolute atomic E-state index is 0.160. The number of benzene rings is 1. The van der Waals surface area contributed by atoms with Crippen molar-refractivity contribution < 1.29 is 22.7 Å². The minimum Gasteiger partial charge on any atom is -0.337 e. The van der Waals surface area contributed by atoms with Gasteiger partial charge in [0.05, 0.1) is 11.6 Å². The molecule has 0 unspecified atom stereocenters. The molecule has 1 saturated heterocycles. The number of rotatable bonds is 2. The maximum absolute atomic E-state index is 12.4. The lowest BCUT2D eigenvalue weighted by Crippen LogP contribution is -2.42. The smallest absolute Gasteiger partial charge is 0.337 e. The van der Waals surface area contributed by atoms with Crippen LogP contribution in [0.5, 0.6) is 0 Å². The van der Waals surface area contributed by atoms with E-state index in [1.165, 1.54) is 4.90 Å². The number of para-hydroxylation sites is 1. The molecule has 22 heavy (non-hydrogen) atoms. The van der Waals surface area contributed by atoms with E-state index in [4.69, 9.17) is 0 Å². The number of amides is 1. The Morgan fingerprint density at radius 3 is 2.64 bits per heavy atom. The summed E-state index contributed by atoms with van der Waals surface area (Å²) in [5, 5.41) is 7.51. The fourth-order valence-corrected chi connectivity index (χ4v) is 2.64. The SMILES string of the molecule is O=C(c1n[nH]c2ccccc12)N1CCC(OC(F)(F)F)CC1. The standard InChI is InChI=1S/C14H14F3N3O2/c15-14(16,17)22-9-5-7-20(8-6-9)13(21)12-10-3-1-2-4-11(10)18-19-12/h1-4,9H,5-8H2,(H,18,19). The predicted molar refractivity (Wildman–Crippen MR) is 72.2 cm³/mol. The molecule has 1 amide bonds. The van der Waals surface area contributed by atoms with Crippen molar-refractivity contribution in [3.05, 3.63) is 30.0 Å². The third-order valence-corrected chi connectivity index (χ3v) is 3.70. The number of nitrogens with zero attached hydrogens (tertiary/aromatic N) is 2. The summed E-state index contributed by atoms with van der Waals surface area (Å²) in [6.07, 6.45) is -5.20. The van der Waals surface area contributed by atoms with Gasteiger partial charge in [-0.15, -0.1) is 13.2 Å². The normalized spacial score (nSPS) is 17.1. The van der Waals surface area contributed by atoms with Crippen LogP contribution in [0.2, 0.25) is 0 Å². The molecule has 0 aliphatic carbocycles. The maximum atomic E-state index is 12.4. The zero-order valence-corrected chi connectivity index (χ0v) is 11.6. The van der Waals surface area contributed by atoms with Crippen LogP contribution in [0.25, 0.3) is 10.9 Å². The highest BCUT2D eigenvalue weighted by Gasteiger charge is 2.36. The van der Waals surface area contributed by atoms with Crippen LogP contribution >= 0.6 is 0 Å². The van der Waals surface area contributed by atoms with Crippen molar-refractivity contribution in [2.75, 3.05) is 13.1 Å². The molecule has 0 atom stereocenters. The number of piperidine rings is 1. The number of aromatic nitrogens is 2. The van der Waals surface area contributed by atoms with Crippen molar-refractivity contribution in [1.29, 1.82) is 0 Å². The number of halogens is 3. The number of ether oxygens (including phenoxy) is 1. The first-order valence-electron chi connectivity index (χ1n) is 6.91. The Bertz CT molecular complexity index is 675. The molecule has 1 fully saturated rings. The number of carbonyl (C=O) groups excluding carboxylic acids is 1. The van der Waals surface area contributed by atoms with Crippen LogP contribution in [0.15, 0.2) is 24.3 Å². The van der Waals surface area contributed by atoms with Gasteiger partial charge in [0.25, 0.3) is 5.91 Å². The number of fused-ring (bicyclic) bond motifs is 1. The summed E-state index contributed by atoms with van der Waals surface area (Å²) >= 11 is 0. The quantitative estimate of drug-likeness (QED) is 0.927. The van der Waals surface area contributed by atoms with Crippen LogP contribution in [0.4, 0.5) is 13.2 Å². The van der Waals surface area contributed by atoms with Gasteiger partial charge in [-0.2, -0.15) is 5.10 Å². The molecule has 5 nitrogen and oxygen atoms in total.